The monoisotopic (exact) mass is 488 g/mol. The van der Waals surface area contributed by atoms with Crippen LogP contribution in [0.5, 0.6) is 5.75 Å². The molecule has 0 saturated carbocycles. The number of nitrogens with one attached hydrogen (secondary N) is 2. The predicted molar refractivity (Wildman–Crippen MR) is 121 cm³/mol. The summed E-state index contributed by atoms with van der Waals surface area (Å²) >= 11 is 1.68. The van der Waals surface area contributed by atoms with Crippen LogP contribution in [0.1, 0.15) is 43.0 Å². The van der Waals surface area contributed by atoms with Gasteiger partial charge in [0.25, 0.3) is 0 Å². The number of halogens is 1. The molecule has 0 aliphatic rings. The van der Waals surface area contributed by atoms with Crippen LogP contribution in [0.2, 0.25) is 0 Å². The van der Waals surface area contributed by atoms with E-state index in [1.807, 2.05) is 19.1 Å². The Labute approximate surface area is 177 Å². The molecule has 0 radical (unpaired) electrons. The molecule has 0 bridgehead atoms. The van der Waals surface area contributed by atoms with Crippen molar-refractivity contribution in [3.05, 3.63) is 45.9 Å². The molecule has 2 N–H and O–H groups in total. The molecule has 0 amide bonds. The molecule has 0 aliphatic heterocycles. The maximum Gasteiger partial charge on any atom is 0.191 e. The van der Waals surface area contributed by atoms with Crippen LogP contribution >= 0.6 is 35.3 Å². The molecule has 0 fully saturated rings. The van der Waals surface area contributed by atoms with Crippen molar-refractivity contribution in [2.24, 2.45) is 4.99 Å². The molecule has 0 spiro atoms. The molecule has 5 nitrogen and oxygen atoms in total. The number of aliphatic imine (C=N–C) groups is 1. The summed E-state index contributed by atoms with van der Waals surface area (Å²) in [4.78, 5) is 8.87. The third kappa shape index (κ3) is 7.49. The molecule has 0 aliphatic carbocycles. The summed E-state index contributed by atoms with van der Waals surface area (Å²) in [7, 11) is 1.77. The van der Waals surface area contributed by atoms with Crippen LogP contribution in [0, 0.1) is 6.92 Å². The molecule has 1 atom stereocenters. The van der Waals surface area contributed by atoms with Crippen molar-refractivity contribution < 1.29 is 4.74 Å². The van der Waals surface area contributed by atoms with Gasteiger partial charge in [-0.2, -0.15) is 0 Å². The maximum absolute atomic E-state index is 5.90. The second-order valence-corrected chi connectivity index (χ2v) is 7.31. The number of aromatic nitrogens is 1. The van der Waals surface area contributed by atoms with E-state index in [2.05, 4.69) is 58.9 Å². The fourth-order valence-corrected chi connectivity index (χ4v) is 3.08. The van der Waals surface area contributed by atoms with Gasteiger partial charge in [-0.05, 0) is 31.9 Å². The second kappa shape index (κ2) is 11.4. The molecule has 1 heterocycles. The molecule has 1 aromatic carbocycles. The molecule has 26 heavy (non-hydrogen) atoms. The van der Waals surface area contributed by atoms with Crippen molar-refractivity contribution in [3.63, 3.8) is 0 Å². The highest BCUT2D eigenvalue weighted by Crippen LogP contribution is 2.17. The standard InChI is InChI=1S/C19H28N4OS.HI/c1-13(2)17-12-25-18(23-17)11-22-19(20-5)21-10-15(4)24-16-8-6-14(3)7-9-16;/h6-9,12-13,15H,10-11H2,1-5H3,(H2,20,21,22);1H. The summed E-state index contributed by atoms with van der Waals surface area (Å²) in [5.41, 5.74) is 2.37. The highest BCUT2D eigenvalue weighted by molar-refractivity contribution is 14.0. The van der Waals surface area contributed by atoms with E-state index in [0.29, 0.717) is 19.0 Å². The first-order valence-electron chi connectivity index (χ1n) is 8.60. The summed E-state index contributed by atoms with van der Waals surface area (Å²) in [6.45, 7) is 9.75. The fraction of sp³-hybridized carbons (Fsp3) is 0.474. The summed E-state index contributed by atoms with van der Waals surface area (Å²) < 4.78 is 5.90. The number of benzene rings is 1. The van der Waals surface area contributed by atoms with E-state index in [9.17, 15) is 0 Å². The summed E-state index contributed by atoms with van der Waals surface area (Å²) in [5.74, 6) is 2.09. The first-order chi connectivity index (χ1) is 12.0. The highest BCUT2D eigenvalue weighted by atomic mass is 127. The fourth-order valence-electron chi connectivity index (χ4n) is 2.18. The molecular formula is C19H29IN4OS. The number of ether oxygens (including phenoxy) is 1. The van der Waals surface area contributed by atoms with Gasteiger partial charge in [0.15, 0.2) is 5.96 Å². The summed E-state index contributed by atoms with van der Waals surface area (Å²) in [6.07, 6.45) is 0.0358. The van der Waals surface area contributed by atoms with Crippen molar-refractivity contribution in [3.8, 4) is 5.75 Å². The van der Waals surface area contributed by atoms with E-state index in [4.69, 9.17) is 4.74 Å². The van der Waals surface area contributed by atoms with Crippen LogP contribution in [0.3, 0.4) is 0 Å². The van der Waals surface area contributed by atoms with Crippen LogP contribution in [0.25, 0.3) is 0 Å². The summed E-state index contributed by atoms with van der Waals surface area (Å²) in [6, 6.07) is 8.09. The predicted octanol–water partition coefficient (Wildman–Crippen LogP) is 4.33. The lowest BCUT2D eigenvalue weighted by Gasteiger charge is -2.17. The Morgan fingerprint density at radius 3 is 2.46 bits per heavy atom. The van der Waals surface area contributed by atoms with Gasteiger partial charge in [0.1, 0.15) is 16.9 Å². The molecule has 0 saturated heterocycles. The highest BCUT2D eigenvalue weighted by Gasteiger charge is 2.08. The van der Waals surface area contributed by atoms with Crippen LogP contribution in [-0.4, -0.2) is 30.6 Å². The number of rotatable bonds is 7. The topological polar surface area (TPSA) is 58.5 Å². The zero-order valence-corrected chi connectivity index (χ0v) is 19.2. The number of guanidine groups is 1. The Balaban J connectivity index is 0.00000338. The Morgan fingerprint density at radius 1 is 1.19 bits per heavy atom. The Morgan fingerprint density at radius 2 is 1.88 bits per heavy atom. The Bertz CT molecular complexity index is 685. The van der Waals surface area contributed by atoms with Gasteiger partial charge >= 0.3 is 0 Å². The van der Waals surface area contributed by atoms with Crippen LogP contribution in [-0.2, 0) is 6.54 Å². The van der Waals surface area contributed by atoms with Crippen molar-refractivity contribution >= 4 is 41.3 Å². The molecular weight excluding hydrogens is 459 g/mol. The molecule has 144 valence electrons. The zero-order valence-electron chi connectivity index (χ0n) is 16.1. The number of hydrogen-bond acceptors (Lipinski definition) is 4. The minimum absolute atomic E-state index is 0. The average molecular weight is 488 g/mol. The number of nitrogens with zero attached hydrogens (tertiary/aromatic N) is 2. The van der Waals surface area contributed by atoms with Crippen molar-refractivity contribution in [1.82, 2.24) is 15.6 Å². The molecule has 1 unspecified atom stereocenters. The maximum atomic E-state index is 5.90. The summed E-state index contributed by atoms with van der Waals surface area (Å²) in [5, 5.41) is 9.77. The van der Waals surface area contributed by atoms with Gasteiger partial charge in [-0.15, -0.1) is 35.3 Å². The van der Waals surface area contributed by atoms with Gasteiger partial charge in [-0.25, -0.2) is 4.98 Å². The smallest absolute Gasteiger partial charge is 0.191 e. The molecule has 7 heteroatoms. The largest absolute Gasteiger partial charge is 0.489 e. The molecule has 2 rings (SSSR count). The SMILES string of the molecule is CN=C(NCc1nc(C(C)C)cs1)NCC(C)Oc1ccc(C)cc1.I. The minimum Gasteiger partial charge on any atom is -0.489 e. The van der Waals surface area contributed by atoms with Crippen molar-refractivity contribution in [2.75, 3.05) is 13.6 Å². The first kappa shape index (κ1) is 22.7. The van der Waals surface area contributed by atoms with E-state index in [0.717, 1.165) is 22.4 Å². The lowest BCUT2D eigenvalue weighted by atomic mass is 10.2. The Kier molecular flexibility index (Phi) is 9.93. The van der Waals surface area contributed by atoms with Gasteiger partial charge in [-0.1, -0.05) is 31.5 Å². The van der Waals surface area contributed by atoms with E-state index in [1.165, 1.54) is 5.56 Å². The van der Waals surface area contributed by atoms with Gasteiger partial charge < -0.3 is 15.4 Å². The second-order valence-electron chi connectivity index (χ2n) is 6.37. The van der Waals surface area contributed by atoms with Crippen LogP contribution in [0.4, 0.5) is 0 Å². The normalized spacial score (nSPS) is 12.5. The quantitative estimate of drug-likeness (QED) is 0.346. The van der Waals surface area contributed by atoms with E-state index in [-0.39, 0.29) is 30.1 Å². The average Bonchev–Trinajstić information content (AvgIpc) is 3.06. The van der Waals surface area contributed by atoms with Gasteiger partial charge in [0, 0.05) is 12.4 Å². The van der Waals surface area contributed by atoms with E-state index in [1.54, 1.807) is 18.4 Å². The van der Waals surface area contributed by atoms with Crippen LogP contribution < -0.4 is 15.4 Å². The first-order valence-corrected chi connectivity index (χ1v) is 9.48. The van der Waals surface area contributed by atoms with Crippen LogP contribution in [0.15, 0.2) is 34.6 Å². The van der Waals surface area contributed by atoms with Gasteiger partial charge in [0.05, 0.1) is 18.8 Å². The lowest BCUT2D eigenvalue weighted by Crippen LogP contribution is -2.41. The third-order valence-corrected chi connectivity index (χ3v) is 4.57. The van der Waals surface area contributed by atoms with Crippen molar-refractivity contribution in [1.29, 1.82) is 0 Å². The third-order valence-electron chi connectivity index (χ3n) is 3.71. The van der Waals surface area contributed by atoms with Gasteiger partial charge in [-0.3, -0.25) is 4.99 Å². The Hall–Kier alpha value is -1.35. The molecule has 1 aromatic heterocycles. The van der Waals surface area contributed by atoms with E-state index < -0.39 is 0 Å². The number of aryl methyl sites for hydroxylation is 1. The zero-order chi connectivity index (χ0) is 18.2. The van der Waals surface area contributed by atoms with Gasteiger partial charge in [0.2, 0.25) is 0 Å². The number of thiazole rings is 1. The molecule has 2 aromatic rings. The number of hydrogen-bond donors (Lipinski definition) is 2. The van der Waals surface area contributed by atoms with E-state index >= 15 is 0 Å². The minimum atomic E-state index is 0. The van der Waals surface area contributed by atoms with Crippen molar-refractivity contribution in [2.45, 2.75) is 46.3 Å². The lowest BCUT2D eigenvalue weighted by molar-refractivity contribution is 0.224.